The fourth-order valence-electron chi connectivity index (χ4n) is 1.98. The molecule has 0 aliphatic carbocycles. The fraction of sp³-hybridized carbons (Fsp3) is 0.125. The lowest BCUT2D eigenvalue weighted by atomic mass is 10.3. The largest absolute Gasteiger partial charge is 0.325 e. The van der Waals surface area contributed by atoms with Gasteiger partial charge in [-0.25, -0.2) is 4.98 Å². The average Bonchev–Trinajstić information content (AvgIpc) is 2.88. The zero-order valence-electron chi connectivity index (χ0n) is 12.0. The quantitative estimate of drug-likeness (QED) is 0.586. The molecule has 0 bridgehead atoms. The average molecular weight is 383 g/mol. The molecule has 2 aromatic carbocycles. The first-order valence-electron chi connectivity index (χ1n) is 6.80. The van der Waals surface area contributed by atoms with Crippen LogP contribution in [0.15, 0.2) is 46.8 Å². The number of thiazole rings is 1. The summed E-state index contributed by atoms with van der Waals surface area (Å²) >= 11 is 14.9. The van der Waals surface area contributed by atoms with Gasteiger partial charge in [-0.3, -0.25) is 4.79 Å². The molecule has 1 atom stereocenters. The number of aromatic nitrogens is 1. The van der Waals surface area contributed by atoms with Gasteiger partial charge in [0.15, 0.2) is 4.34 Å². The number of para-hydroxylation sites is 1. The van der Waals surface area contributed by atoms with Gasteiger partial charge in [0.1, 0.15) is 0 Å². The molecule has 1 N–H and O–H groups in total. The van der Waals surface area contributed by atoms with E-state index < -0.39 is 0 Å². The highest BCUT2D eigenvalue weighted by Crippen LogP contribution is 2.32. The van der Waals surface area contributed by atoms with Crippen molar-refractivity contribution in [3.8, 4) is 0 Å². The summed E-state index contributed by atoms with van der Waals surface area (Å²) in [4.78, 5) is 16.8. The number of nitrogens with one attached hydrogen (secondary N) is 1. The van der Waals surface area contributed by atoms with Crippen molar-refractivity contribution in [3.05, 3.63) is 52.5 Å². The third-order valence-corrected chi connectivity index (χ3v) is 5.72. The molecular weight excluding hydrogens is 371 g/mol. The second kappa shape index (κ2) is 7.09. The van der Waals surface area contributed by atoms with Gasteiger partial charge >= 0.3 is 0 Å². The minimum atomic E-state index is -0.284. The zero-order chi connectivity index (χ0) is 16.4. The molecule has 0 radical (unpaired) electrons. The van der Waals surface area contributed by atoms with Gasteiger partial charge in [-0.15, -0.1) is 11.3 Å². The second-order valence-electron chi connectivity index (χ2n) is 4.85. The molecule has 0 aliphatic rings. The zero-order valence-corrected chi connectivity index (χ0v) is 15.2. The highest BCUT2D eigenvalue weighted by Gasteiger charge is 2.17. The van der Waals surface area contributed by atoms with Crippen LogP contribution < -0.4 is 5.32 Å². The summed E-state index contributed by atoms with van der Waals surface area (Å²) in [5.74, 6) is -0.118. The molecule has 0 saturated carbocycles. The minimum absolute atomic E-state index is 0.118. The van der Waals surface area contributed by atoms with E-state index in [4.69, 9.17) is 23.2 Å². The first-order chi connectivity index (χ1) is 11.0. The first-order valence-corrected chi connectivity index (χ1v) is 9.25. The van der Waals surface area contributed by atoms with E-state index in [9.17, 15) is 4.79 Å². The summed E-state index contributed by atoms with van der Waals surface area (Å²) in [6, 6.07) is 12.9. The van der Waals surface area contributed by atoms with E-state index in [1.807, 2.05) is 31.2 Å². The summed E-state index contributed by atoms with van der Waals surface area (Å²) in [5, 5.41) is 3.51. The van der Waals surface area contributed by atoms with Crippen LogP contribution in [-0.4, -0.2) is 16.1 Å². The number of amides is 1. The summed E-state index contributed by atoms with van der Waals surface area (Å²) in [7, 11) is 0. The molecule has 1 amide bonds. The fourth-order valence-corrected chi connectivity index (χ4v) is 4.71. The van der Waals surface area contributed by atoms with Crippen LogP contribution in [0.4, 0.5) is 5.69 Å². The third-order valence-electron chi connectivity index (χ3n) is 3.05. The van der Waals surface area contributed by atoms with Crippen molar-refractivity contribution in [1.29, 1.82) is 0 Å². The molecule has 0 unspecified atom stereocenters. The van der Waals surface area contributed by atoms with Crippen LogP contribution in [0, 0.1) is 0 Å². The highest BCUT2D eigenvalue weighted by molar-refractivity contribution is 8.02. The van der Waals surface area contributed by atoms with Crippen molar-refractivity contribution in [1.82, 2.24) is 4.98 Å². The summed E-state index contributed by atoms with van der Waals surface area (Å²) in [6.45, 7) is 1.85. The van der Waals surface area contributed by atoms with Crippen molar-refractivity contribution in [2.24, 2.45) is 0 Å². The van der Waals surface area contributed by atoms with E-state index in [0.29, 0.717) is 15.7 Å². The van der Waals surface area contributed by atoms with E-state index in [2.05, 4.69) is 10.3 Å². The van der Waals surface area contributed by atoms with Crippen molar-refractivity contribution in [3.63, 3.8) is 0 Å². The van der Waals surface area contributed by atoms with Crippen LogP contribution in [0.1, 0.15) is 6.92 Å². The Morgan fingerprint density at radius 2 is 1.91 bits per heavy atom. The number of benzene rings is 2. The predicted octanol–water partition coefficient (Wildman–Crippen LogP) is 5.72. The Bertz CT molecular complexity index is 813. The molecule has 1 aromatic heterocycles. The number of halogens is 2. The molecule has 1 heterocycles. The van der Waals surface area contributed by atoms with Gasteiger partial charge in [-0.2, -0.15) is 0 Å². The van der Waals surface area contributed by atoms with Crippen molar-refractivity contribution < 1.29 is 4.79 Å². The maximum atomic E-state index is 12.3. The van der Waals surface area contributed by atoms with E-state index in [-0.39, 0.29) is 11.2 Å². The molecule has 3 nitrogen and oxygen atoms in total. The Hall–Kier alpha value is -1.27. The van der Waals surface area contributed by atoms with E-state index in [0.717, 1.165) is 14.6 Å². The molecule has 0 spiro atoms. The molecule has 0 saturated heterocycles. The number of anilines is 1. The summed E-state index contributed by atoms with van der Waals surface area (Å²) in [5.41, 5.74) is 1.54. The molecule has 3 aromatic rings. The Balaban J connectivity index is 1.69. The third kappa shape index (κ3) is 4.18. The monoisotopic (exact) mass is 382 g/mol. The van der Waals surface area contributed by atoms with E-state index >= 15 is 0 Å². The van der Waals surface area contributed by atoms with Gasteiger partial charge in [0, 0.05) is 15.7 Å². The number of hydrogen-bond donors (Lipinski definition) is 1. The van der Waals surface area contributed by atoms with Crippen LogP contribution in [-0.2, 0) is 4.79 Å². The number of carbonyl (C=O) groups excluding carboxylic acids is 1. The van der Waals surface area contributed by atoms with E-state index in [1.54, 1.807) is 29.5 Å². The number of carbonyl (C=O) groups is 1. The van der Waals surface area contributed by atoms with Gasteiger partial charge in [-0.05, 0) is 37.3 Å². The Labute approximate surface area is 152 Å². The van der Waals surface area contributed by atoms with Gasteiger partial charge in [0.2, 0.25) is 5.91 Å². The maximum Gasteiger partial charge on any atom is 0.237 e. The maximum absolute atomic E-state index is 12.3. The lowest BCUT2D eigenvalue weighted by Crippen LogP contribution is -2.22. The molecule has 7 heteroatoms. The van der Waals surface area contributed by atoms with Crippen LogP contribution in [0.25, 0.3) is 10.2 Å². The topological polar surface area (TPSA) is 42.0 Å². The van der Waals surface area contributed by atoms with Crippen LogP contribution in [0.3, 0.4) is 0 Å². The number of rotatable bonds is 4. The number of hydrogen-bond acceptors (Lipinski definition) is 4. The molecule has 3 rings (SSSR count). The van der Waals surface area contributed by atoms with E-state index in [1.165, 1.54) is 11.8 Å². The van der Waals surface area contributed by atoms with Crippen LogP contribution >= 0.6 is 46.3 Å². The molecule has 118 valence electrons. The van der Waals surface area contributed by atoms with Crippen molar-refractivity contribution in [2.75, 3.05) is 5.32 Å². The normalized spacial score (nSPS) is 12.3. The molecule has 0 fully saturated rings. The number of nitrogens with zero attached hydrogens (tertiary/aromatic N) is 1. The van der Waals surface area contributed by atoms with Crippen LogP contribution in [0.2, 0.25) is 10.0 Å². The second-order valence-corrected chi connectivity index (χ2v) is 8.35. The standard InChI is InChI=1S/C16H12Cl2N2OS2/c1-9(15(21)19-12-7-10(17)6-11(18)8-12)22-16-20-13-4-2-3-5-14(13)23-16/h2-9H,1H3,(H,19,21)/t9-/m0/s1. The molecule has 0 aliphatic heterocycles. The predicted molar refractivity (Wildman–Crippen MR) is 100 cm³/mol. The number of thioether (sulfide) groups is 1. The molecular formula is C16H12Cl2N2OS2. The highest BCUT2D eigenvalue weighted by atomic mass is 35.5. The Kier molecular flexibility index (Phi) is 5.11. The lowest BCUT2D eigenvalue weighted by Gasteiger charge is -2.11. The Morgan fingerprint density at radius 3 is 2.61 bits per heavy atom. The first kappa shape index (κ1) is 16.6. The van der Waals surface area contributed by atoms with Gasteiger partial charge in [0.05, 0.1) is 15.5 Å². The molecule has 23 heavy (non-hydrogen) atoms. The van der Waals surface area contributed by atoms with Crippen molar-refractivity contribution >= 4 is 68.1 Å². The minimum Gasteiger partial charge on any atom is -0.325 e. The Morgan fingerprint density at radius 1 is 1.22 bits per heavy atom. The van der Waals surface area contributed by atoms with Gasteiger partial charge in [-0.1, -0.05) is 47.1 Å². The number of fused-ring (bicyclic) bond motifs is 1. The van der Waals surface area contributed by atoms with Gasteiger partial charge < -0.3 is 5.32 Å². The SMILES string of the molecule is C[C@H](Sc1nc2ccccc2s1)C(=O)Nc1cc(Cl)cc(Cl)c1. The smallest absolute Gasteiger partial charge is 0.237 e. The summed E-state index contributed by atoms with van der Waals surface area (Å²) < 4.78 is 1.99. The lowest BCUT2D eigenvalue weighted by molar-refractivity contribution is -0.115. The van der Waals surface area contributed by atoms with Crippen molar-refractivity contribution in [2.45, 2.75) is 16.5 Å². The summed E-state index contributed by atoms with van der Waals surface area (Å²) in [6.07, 6.45) is 0. The van der Waals surface area contributed by atoms with Gasteiger partial charge in [0.25, 0.3) is 0 Å². The van der Waals surface area contributed by atoms with Crippen LogP contribution in [0.5, 0.6) is 0 Å².